The number of amides is 1. The first kappa shape index (κ1) is 24.0. The summed E-state index contributed by atoms with van der Waals surface area (Å²) < 4.78 is 5.17. The van der Waals surface area contributed by atoms with E-state index in [1.165, 1.54) is 27.4 Å². The van der Waals surface area contributed by atoms with Gasteiger partial charge in [0.1, 0.15) is 16.4 Å². The van der Waals surface area contributed by atoms with E-state index in [-0.39, 0.29) is 11.5 Å². The van der Waals surface area contributed by atoms with E-state index < -0.39 is 0 Å². The molecule has 0 aliphatic rings. The van der Waals surface area contributed by atoms with E-state index in [9.17, 15) is 9.59 Å². The molecule has 0 radical (unpaired) electrons. The SMILES string of the molecule is COc1ccc(CCNC(=O)c2sc3nc(CSc4cc(C)ccc4C)[nH]c(=O)c3c2C)cc1. The van der Waals surface area contributed by atoms with E-state index in [2.05, 4.69) is 47.3 Å². The van der Waals surface area contributed by atoms with Crippen molar-refractivity contribution in [3.63, 3.8) is 0 Å². The molecule has 2 aromatic carbocycles. The Labute approximate surface area is 206 Å². The number of carbonyl (C=O) groups excluding carboxylic acids is 1. The number of ether oxygens (including phenoxy) is 1. The number of rotatable bonds is 8. The van der Waals surface area contributed by atoms with Crippen molar-refractivity contribution in [1.82, 2.24) is 15.3 Å². The molecule has 176 valence electrons. The van der Waals surface area contributed by atoms with Crippen LogP contribution in [0.5, 0.6) is 5.75 Å². The molecular weight excluding hydrogens is 466 g/mol. The first-order valence-corrected chi connectivity index (χ1v) is 12.8. The summed E-state index contributed by atoms with van der Waals surface area (Å²) in [6, 6.07) is 14.1. The van der Waals surface area contributed by atoms with Crippen LogP contribution in [0.1, 0.15) is 37.7 Å². The smallest absolute Gasteiger partial charge is 0.261 e. The van der Waals surface area contributed by atoms with Gasteiger partial charge in [-0.05, 0) is 62.1 Å². The molecule has 0 bridgehead atoms. The normalized spacial score (nSPS) is 11.1. The van der Waals surface area contributed by atoms with Gasteiger partial charge in [0.25, 0.3) is 11.5 Å². The van der Waals surface area contributed by atoms with Crippen LogP contribution in [-0.2, 0) is 12.2 Å². The van der Waals surface area contributed by atoms with Crippen molar-refractivity contribution in [2.75, 3.05) is 13.7 Å². The van der Waals surface area contributed by atoms with Gasteiger partial charge in [-0.15, -0.1) is 23.1 Å². The molecule has 0 saturated carbocycles. The number of aromatic nitrogens is 2. The maximum atomic E-state index is 12.8. The highest BCUT2D eigenvalue weighted by Crippen LogP contribution is 2.29. The van der Waals surface area contributed by atoms with Crippen LogP contribution in [0.3, 0.4) is 0 Å². The molecule has 0 saturated heterocycles. The van der Waals surface area contributed by atoms with Gasteiger partial charge >= 0.3 is 0 Å². The number of benzene rings is 2. The Hall–Kier alpha value is -3.10. The van der Waals surface area contributed by atoms with Crippen LogP contribution in [0.15, 0.2) is 52.2 Å². The van der Waals surface area contributed by atoms with Crippen LogP contribution >= 0.6 is 23.1 Å². The molecule has 0 aliphatic heterocycles. The lowest BCUT2D eigenvalue weighted by Gasteiger charge is -2.06. The second-order valence-corrected chi connectivity index (χ2v) is 10.2. The van der Waals surface area contributed by atoms with Crippen molar-refractivity contribution in [1.29, 1.82) is 0 Å². The number of hydrogen-bond acceptors (Lipinski definition) is 6. The fourth-order valence-electron chi connectivity index (χ4n) is 3.68. The summed E-state index contributed by atoms with van der Waals surface area (Å²) >= 11 is 2.91. The highest BCUT2D eigenvalue weighted by Gasteiger charge is 2.19. The fraction of sp³-hybridized carbons (Fsp3) is 0.269. The van der Waals surface area contributed by atoms with Crippen LogP contribution in [0.2, 0.25) is 0 Å². The monoisotopic (exact) mass is 493 g/mol. The van der Waals surface area contributed by atoms with E-state index in [1.807, 2.05) is 24.3 Å². The van der Waals surface area contributed by atoms with Gasteiger partial charge in [0.15, 0.2) is 0 Å². The number of nitrogens with one attached hydrogen (secondary N) is 2. The summed E-state index contributed by atoms with van der Waals surface area (Å²) in [4.78, 5) is 35.5. The zero-order valence-corrected chi connectivity index (χ0v) is 21.3. The molecule has 34 heavy (non-hydrogen) atoms. The topological polar surface area (TPSA) is 84.1 Å². The Morgan fingerprint density at radius 3 is 2.65 bits per heavy atom. The summed E-state index contributed by atoms with van der Waals surface area (Å²) in [6.07, 6.45) is 0.707. The highest BCUT2D eigenvalue weighted by molar-refractivity contribution is 7.98. The van der Waals surface area contributed by atoms with Gasteiger partial charge in [0.2, 0.25) is 0 Å². The number of aromatic amines is 1. The van der Waals surface area contributed by atoms with Crippen LogP contribution in [0, 0.1) is 20.8 Å². The Bertz CT molecular complexity index is 1390. The number of thioether (sulfide) groups is 1. The lowest BCUT2D eigenvalue weighted by molar-refractivity contribution is 0.0957. The molecule has 1 amide bonds. The lowest BCUT2D eigenvalue weighted by Crippen LogP contribution is -2.25. The Morgan fingerprint density at radius 1 is 1.15 bits per heavy atom. The number of nitrogens with zero attached hydrogens (tertiary/aromatic N) is 1. The number of methoxy groups -OCH3 is 1. The largest absolute Gasteiger partial charge is 0.497 e. The highest BCUT2D eigenvalue weighted by atomic mass is 32.2. The molecule has 2 N–H and O–H groups in total. The van der Waals surface area contributed by atoms with Crippen molar-refractivity contribution in [3.05, 3.63) is 85.8 Å². The minimum absolute atomic E-state index is 0.181. The Kier molecular flexibility index (Phi) is 7.38. The quantitative estimate of drug-likeness (QED) is 0.330. The number of thiophene rings is 1. The molecule has 8 heteroatoms. The molecule has 2 heterocycles. The van der Waals surface area contributed by atoms with Crippen molar-refractivity contribution in [2.24, 2.45) is 0 Å². The molecule has 0 spiro atoms. The number of hydrogen-bond donors (Lipinski definition) is 2. The van der Waals surface area contributed by atoms with Crippen molar-refractivity contribution < 1.29 is 9.53 Å². The third kappa shape index (κ3) is 5.34. The maximum Gasteiger partial charge on any atom is 0.261 e. The average Bonchev–Trinajstić information content (AvgIpc) is 3.17. The Morgan fingerprint density at radius 2 is 1.91 bits per heavy atom. The predicted molar refractivity (Wildman–Crippen MR) is 139 cm³/mol. The van der Waals surface area contributed by atoms with Crippen LogP contribution in [-0.4, -0.2) is 29.5 Å². The van der Waals surface area contributed by atoms with Crippen LogP contribution in [0.4, 0.5) is 0 Å². The third-order valence-corrected chi connectivity index (χ3v) is 7.98. The second-order valence-electron chi connectivity index (χ2n) is 8.16. The summed E-state index contributed by atoms with van der Waals surface area (Å²) in [7, 11) is 1.63. The van der Waals surface area contributed by atoms with E-state index in [1.54, 1.807) is 25.8 Å². The fourth-order valence-corrected chi connectivity index (χ4v) is 5.79. The summed E-state index contributed by atoms with van der Waals surface area (Å²) in [5.41, 5.74) is 3.97. The summed E-state index contributed by atoms with van der Waals surface area (Å²) in [5, 5.41) is 3.46. The first-order chi connectivity index (χ1) is 16.4. The maximum absolute atomic E-state index is 12.8. The second kappa shape index (κ2) is 10.4. The number of fused-ring (bicyclic) bond motifs is 1. The van der Waals surface area contributed by atoms with Crippen molar-refractivity contribution >= 4 is 39.2 Å². The Balaban J connectivity index is 1.46. The average molecular weight is 494 g/mol. The van der Waals surface area contributed by atoms with E-state index in [4.69, 9.17) is 4.74 Å². The summed E-state index contributed by atoms with van der Waals surface area (Å²) in [5.74, 6) is 1.78. The molecule has 2 aromatic heterocycles. The van der Waals surface area contributed by atoms with Gasteiger partial charge in [-0.3, -0.25) is 9.59 Å². The predicted octanol–water partition coefficient (Wildman–Crippen LogP) is 5.18. The number of aryl methyl sites for hydroxylation is 3. The molecule has 0 aliphatic carbocycles. The first-order valence-electron chi connectivity index (χ1n) is 11.0. The lowest BCUT2D eigenvalue weighted by atomic mass is 10.1. The van der Waals surface area contributed by atoms with Crippen molar-refractivity contribution in [3.8, 4) is 5.75 Å². The molecule has 4 rings (SSSR count). The zero-order chi connectivity index (χ0) is 24.2. The summed E-state index contributed by atoms with van der Waals surface area (Å²) in [6.45, 7) is 6.44. The number of carbonyl (C=O) groups is 1. The molecule has 0 unspecified atom stereocenters. The van der Waals surface area contributed by atoms with Gasteiger partial charge in [0.05, 0.1) is 23.1 Å². The van der Waals surface area contributed by atoms with E-state index in [0.29, 0.717) is 45.2 Å². The van der Waals surface area contributed by atoms with Crippen LogP contribution in [0.25, 0.3) is 10.2 Å². The van der Waals surface area contributed by atoms with Crippen LogP contribution < -0.4 is 15.6 Å². The van der Waals surface area contributed by atoms with Gasteiger partial charge < -0.3 is 15.0 Å². The molecule has 4 aromatic rings. The molecule has 6 nitrogen and oxygen atoms in total. The van der Waals surface area contributed by atoms with E-state index in [0.717, 1.165) is 11.3 Å². The molecule has 0 atom stereocenters. The minimum atomic E-state index is -0.201. The number of H-pyrrole nitrogens is 1. The zero-order valence-electron chi connectivity index (χ0n) is 19.7. The molecule has 0 fully saturated rings. The van der Waals surface area contributed by atoms with Gasteiger partial charge in [-0.2, -0.15) is 0 Å². The van der Waals surface area contributed by atoms with E-state index >= 15 is 0 Å². The van der Waals surface area contributed by atoms with Crippen molar-refractivity contribution in [2.45, 2.75) is 37.8 Å². The van der Waals surface area contributed by atoms with Gasteiger partial charge in [-0.1, -0.05) is 29.8 Å². The van der Waals surface area contributed by atoms with Gasteiger partial charge in [0, 0.05) is 11.4 Å². The minimum Gasteiger partial charge on any atom is -0.497 e. The molecular formula is C26H27N3O3S2. The third-order valence-electron chi connectivity index (χ3n) is 5.62. The standard InChI is InChI=1S/C26H27N3O3S2/c1-15-5-6-16(2)20(13-15)33-14-21-28-24(30)22-17(3)23(34-26(22)29-21)25(31)27-12-11-18-7-9-19(32-4)10-8-18/h5-10,13H,11-12,14H2,1-4H3,(H,27,31)(H,28,29,30). The van der Waals surface area contributed by atoms with Gasteiger partial charge in [-0.25, -0.2) is 4.98 Å².